The molecule has 0 unspecified atom stereocenters. The number of ether oxygens (including phenoxy) is 3. The molecule has 0 amide bonds. The quantitative estimate of drug-likeness (QED) is 0.138. The van der Waals surface area contributed by atoms with Gasteiger partial charge in [-0.2, -0.15) is 0 Å². The zero-order valence-electron chi connectivity index (χ0n) is 27.7. The summed E-state index contributed by atoms with van der Waals surface area (Å²) in [7, 11) is 0. The molecular weight excluding hydrogens is 586 g/mol. The van der Waals surface area contributed by atoms with Crippen molar-refractivity contribution in [2.24, 2.45) is 33.6 Å². The molecule has 0 radical (unpaired) electrons. The van der Waals surface area contributed by atoms with Crippen molar-refractivity contribution in [2.45, 2.75) is 152 Å². The van der Waals surface area contributed by atoms with Gasteiger partial charge in [-0.15, -0.1) is 0 Å². The van der Waals surface area contributed by atoms with Crippen LogP contribution in [0.1, 0.15) is 110 Å². The van der Waals surface area contributed by atoms with E-state index in [0.717, 1.165) is 56.9 Å². The molecule has 7 aliphatic rings. The first kappa shape index (κ1) is 32.9. The number of fused-ring (bicyclic) bond motifs is 5. The van der Waals surface area contributed by atoms with Gasteiger partial charge in [0.1, 0.15) is 12.7 Å². The number of rotatable bonds is 7. The number of nitrogens with zero attached hydrogens (tertiary/aromatic N) is 1. The average molecular weight is 642 g/mol. The van der Waals surface area contributed by atoms with Crippen LogP contribution in [0.25, 0.3) is 0 Å². The lowest BCUT2D eigenvalue weighted by atomic mass is 9.41. The zero-order chi connectivity index (χ0) is 32.3. The molecule has 0 aromatic rings. The van der Waals surface area contributed by atoms with E-state index in [2.05, 4.69) is 19.2 Å². The van der Waals surface area contributed by atoms with E-state index in [-0.39, 0.29) is 41.7 Å². The first-order valence-corrected chi connectivity index (χ1v) is 18.2. The van der Waals surface area contributed by atoms with Gasteiger partial charge in [-0.05, 0) is 114 Å². The van der Waals surface area contributed by atoms with Crippen molar-refractivity contribution < 1.29 is 39.4 Å². The van der Waals surface area contributed by atoms with Gasteiger partial charge in [-0.3, -0.25) is 4.99 Å². The van der Waals surface area contributed by atoms with E-state index in [9.17, 15) is 25.2 Å². The number of allylic oxidation sites excluding steroid dienone is 1. The summed E-state index contributed by atoms with van der Waals surface area (Å²) >= 11 is 0. The van der Waals surface area contributed by atoms with Crippen molar-refractivity contribution in [3.05, 3.63) is 23.3 Å². The Morgan fingerprint density at radius 3 is 2.63 bits per heavy atom. The van der Waals surface area contributed by atoms with Gasteiger partial charge in [0.2, 0.25) is 0 Å². The molecule has 9 heteroatoms. The van der Waals surface area contributed by atoms with Crippen LogP contribution in [-0.4, -0.2) is 87.7 Å². The molecule has 1 saturated heterocycles. The SMILES string of the molecule is C[C@@H]1O[C@H](O[C@@H]2CC[C@]3(C=NCCC4=CCCCC4)[C@H]4CC[C@]5(C)[C@H](C6=CC(=O)OC6)CC[C@]5(O)[C@@H]4CC[C@]3(O)C2)C[C@H](O)[C@H]1O. The second kappa shape index (κ2) is 12.4. The van der Waals surface area contributed by atoms with E-state index >= 15 is 0 Å². The molecule has 0 aromatic heterocycles. The third-order valence-electron chi connectivity index (χ3n) is 13.9. The van der Waals surface area contributed by atoms with Gasteiger partial charge in [-0.25, -0.2) is 4.79 Å². The van der Waals surface area contributed by atoms with Crippen LogP contribution >= 0.6 is 0 Å². The maximum absolute atomic E-state index is 12.8. The summed E-state index contributed by atoms with van der Waals surface area (Å²) < 4.78 is 17.6. The summed E-state index contributed by atoms with van der Waals surface area (Å²) in [5.41, 5.74) is -0.341. The highest BCUT2D eigenvalue weighted by Crippen LogP contribution is 2.70. The lowest BCUT2D eigenvalue weighted by Gasteiger charge is -2.66. The predicted molar refractivity (Wildman–Crippen MR) is 172 cm³/mol. The van der Waals surface area contributed by atoms with Crippen LogP contribution in [-0.2, 0) is 19.0 Å². The third kappa shape index (κ3) is 5.36. The molecule has 256 valence electrons. The zero-order valence-corrected chi connectivity index (χ0v) is 27.7. The van der Waals surface area contributed by atoms with E-state index in [0.29, 0.717) is 38.8 Å². The molecule has 2 heterocycles. The molecule has 4 N–H and O–H groups in total. The van der Waals surface area contributed by atoms with Crippen molar-refractivity contribution in [2.75, 3.05) is 13.2 Å². The van der Waals surface area contributed by atoms with Crippen molar-refractivity contribution in [1.29, 1.82) is 0 Å². The Bertz CT molecular complexity index is 1250. The first-order chi connectivity index (χ1) is 22.0. The van der Waals surface area contributed by atoms with Crippen LogP contribution in [0.3, 0.4) is 0 Å². The summed E-state index contributed by atoms with van der Waals surface area (Å²) in [6.45, 7) is 5.01. The van der Waals surface area contributed by atoms with Crippen LogP contribution in [0.5, 0.6) is 0 Å². The second-order valence-corrected chi connectivity index (χ2v) is 16.1. The fourth-order valence-corrected chi connectivity index (χ4v) is 11.4. The van der Waals surface area contributed by atoms with Crippen molar-refractivity contribution in [3.63, 3.8) is 0 Å². The van der Waals surface area contributed by atoms with Crippen molar-refractivity contribution in [1.82, 2.24) is 0 Å². The Morgan fingerprint density at radius 2 is 1.89 bits per heavy atom. The van der Waals surface area contributed by atoms with Gasteiger partial charge in [0, 0.05) is 42.5 Å². The van der Waals surface area contributed by atoms with Gasteiger partial charge in [0.05, 0.1) is 29.5 Å². The summed E-state index contributed by atoms with van der Waals surface area (Å²) in [5.74, 6) is -0.0448. The Hall–Kier alpha value is -1.62. The number of aliphatic imine (C=N–C) groups is 1. The maximum Gasteiger partial charge on any atom is 0.331 e. The molecule has 12 atom stereocenters. The van der Waals surface area contributed by atoms with Gasteiger partial charge < -0.3 is 34.6 Å². The normalized spacial score (nSPS) is 49.1. The van der Waals surface area contributed by atoms with Crippen molar-refractivity contribution in [3.8, 4) is 0 Å². The Balaban J connectivity index is 1.15. The molecule has 5 fully saturated rings. The highest BCUT2D eigenvalue weighted by Gasteiger charge is 2.71. The third-order valence-corrected chi connectivity index (χ3v) is 13.9. The molecule has 0 spiro atoms. The largest absolute Gasteiger partial charge is 0.458 e. The summed E-state index contributed by atoms with van der Waals surface area (Å²) in [4.78, 5) is 17.1. The Kier molecular flexibility index (Phi) is 8.84. The van der Waals surface area contributed by atoms with Crippen LogP contribution in [0.2, 0.25) is 0 Å². The summed E-state index contributed by atoms with van der Waals surface area (Å²) in [6.07, 6.45) is 15.3. The highest BCUT2D eigenvalue weighted by atomic mass is 16.7. The summed E-state index contributed by atoms with van der Waals surface area (Å²) in [6, 6.07) is 0. The van der Waals surface area contributed by atoms with E-state index in [1.807, 2.05) is 0 Å². The Morgan fingerprint density at radius 1 is 1.07 bits per heavy atom. The van der Waals surface area contributed by atoms with E-state index in [4.69, 9.17) is 19.2 Å². The van der Waals surface area contributed by atoms with Crippen molar-refractivity contribution >= 4 is 12.2 Å². The number of carbonyl (C=O) groups excluding carboxylic acids is 1. The lowest BCUT2D eigenvalue weighted by molar-refractivity contribution is -0.282. The molecule has 7 rings (SSSR count). The monoisotopic (exact) mass is 641 g/mol. The van der Waals surface area contributed by atoms with Gasteiger partial charge >= 0.3 is 5.97 Å². The standard InChI is InChI=1S/C37H55NO8/c1-23-33(41)30(39)19-32(45-23)46-26-8-14-35(22-38-17-12-24-6-4-3-5-7-24)28-9-13-34(2)27(25-18-31(40)44-21-25)11-16-37(34,43)29(28)10-15-36(35,42)20-26/h6,18,22-23,26-30,32-33,39,41-43H,3-5,7-17,19-21H2,1-2H3/t23-,26+,27-,28-,29+,30-,32+,33-,34+,35-,36-,37-/m0/s1. The maximum atomic E-state index is 12.8. The van der Waals surface area contributed by atoms with E-state index < -0.39 is 41.2 Å². The number of hydrogen-bond acceptors (Lipinski definition) is 9. The molecule has 9 nitrogen and oxygen atoms in total. The van der Waals surface area contributed by atoms with Crippen LogP contribution in [0, 0.1) is 28.6 Å². The fraction of sp³-hybridized carbons (Fsp3) is 0.838. The number of cyclic esters (lactones) is 1. The summed E-state index contributed by atoms with van der Waals surface area (Å²) in [5, 5.41) is 46.0. The topological polar surface area (TPSA) is 138 Å². The molecule has 2 aliphatic heterocycles. The second-order valence-electron chi connectivity index (χ2n) is 16.1. The molecule has 0 bridgehead atoms. The minimum atomic E-state index is -1.04. The van der Waals surface area contributed by atoms with E-state index in [1.54, 1.807) is 13.0 Å². The number of aliphatic hydroxyl groups is 4. The number of hydrogen-bond donors (Lipinski definition) is 4. The molecule has 46 heavy (non-hydrogen) atoms. The minimum absolute atomic E-state index is 0.0271. The fourth-order valence-electron chi connectivity index (χ4n) is 11.4. The number of carbonyl (C=O) groups is 1. The van der Waals surface area contributed by atoms with Crippen LogP contribution in [0.4, 0.5) is 0 Å². The molecule has 4 saturated carbocycles. The first-order valence-electron chi connectivity index (χ1n) is 18.2. The molecule has 5 aliphatic carbocycles. The molecule has 0 aromatic carbocycles. The molecular formula is C37H55NO8. The minimum Gasteiger partial charge on any atom is -0.458 e. The lowest BCUT2D eigenvalue weighted by Crippen LogP contribution is -2.69. The van der Waals surface area contributed by atoms with Gasteiger partial charge in [-0.1, -0.05) is 18.6 Å². The van der Waals surface area contributed by atoms with Gasteiger partial charge in [0.15, 0.2) is 6.29 Å². The highest BCUT2D eigenvalue weighted by molar-refractivity contribution is 5.85. The van der Waals surface area contributed by atoms with E-state index in [1.165, 1.54) is 18.4 Å². The van der Waals surface area contributed by atoms with Crippen LogP contribution < -0.4 is 0 Å². The number of esters is 1. The predicted octanol–water partition coefficient (Wildman–Crippen LogP) is 4.54. The smallest absolute Gasteiger partial charge is 0.331 e. The average Bonchev–Trinajstić information content (AvgIpc) is 3.58. The number of aliphatic hydroxyl groups excluding tert-OH is 2. The Labute approximate surface area is 273 Å². The van der Waals surface area contributed by atoms with Crippen LogP contribution in [0.15, 0.2) is 28.3 Å². The van der Waals surface area contributed by atoms with Gasteiger partial charge in [0.25, 0.3) is 0 Å².